The van der Waals surface area contributed by atoms with Gasteiger partial charge in [-0.1, -0.05) is 54.6 Å². The van der Waals surface area contributed by atoms with E-state index in [0.717, 1.165) is 17.7 Å². The van der Waals surface area contributed by atoms with Crippen LogP contribution in [0.3, 0.4) is 0 Å². The van der Waals surface area contributed by atoms with Crippen molar-refractivity contribution in [1.82, 2.24) is 5.32 Å². The van der Waals surface area contributed by atoms with Crippen LogP contribution in [0.1, 0.15) is 18.9 Å². The predicted octanol–water partition coefficient (Wildman–Crippen LogP) is 3.45. The lowest BCUT2D eigenvalue weighted by molar-refractivity contribution is -0.119. The van der Waals surface area contributed by atoms with Gasteiger partial charge in [-0.2, -0.15) is 0 Å². The average molecular weight is 327 g/mol. The third-order valence-corrected chi connectivity index (χ3v) is 4.53. The molecule has 2 rings (SSSR count). The zero-order valence-corrected chi connectivity index (χ0v) is 14.0. The highest BCUT2D eigenvalue weighted by Crippen LogP contribution is 2.09. The molecule has 0 aromatic heterocycles. The molecule has 2 aromatic rings. The Kier molecular flexibility index (Phi) is 6.76. The molecule has 2 aromatic carbocycles. The topological polar surface area (TPSA) is 46.2 Å². The minimum absolute atomic E-state index is 0.0850. The second-order valence-electron chi connectivity index (χ2n) is 5.27. The molecule has 0 bridgehead atoms. The van der Waals surface area contributed by atoms with Crippen molar-refractivity contribution in [3.05, 3.63) is 77.7 Å². The number of hydrogen-bond donors (Lipinski definition) is 1. The molecule has 0 aliphatic rings. The summed E-state index contributed by atoms with van der Waals surface area (Å²) in [5.41, 5.74) is 1.22. The third kappa shape index (κ3) is 6.20. The Balaban J connectivity index is 1.99. The van der Waals surface area contributed by atoms with Gasteiger partial charge in [0.15, 0.2) is 0 Å². The van der Waals surface area contributed by atoms with E-state index in [9.17, 15) is 9.00 Å². The van der Waals surface area contributed by atoms with E-state index in [2.05, 4.69) is 17.4 Å². The highest BCUT2D eigenvalue weighted by Gasteiger charge is 2.08. The van der Waals surface area contributed by atoms with E-state index in [1.807, 2.05) is 54.6 Å². The van der Waals surface area contributed by atoms with Gasteiger partial charge in [-0.05, 0) is 30.5 Å². The maximum absolute atomic E-state index is 12.2. The summed E-state index contributed by atoms with van der Waals surface area (Å²) >= 11 is 0. The Morgan fingerprint density at radius 1 is 1.09 bits per heavy atom. The summed E-state index contributed by atoms with van der Waals surface area (Å²) < 4.78 is 12.2. The fraction of sp³-hybridized carbons (Fsp3) is 0.211. The predicted molar refractivity (Wildman–Crippen MR) is 94.4 cm³/mol. The molecule has 120 valence electrons. The number of aryl methyl sites for hydroxylation is 1. The van der Waals surface area contributed by atoms with Gasteiger partial charge in [-0.3, -0.25) is 4.79 Å². The van der Waals surface area contributed by atoms with Gasteiger partial charge >= 0.3 is 0 Å². The van der Waals surface area contributed by atoms with E-state index in [1.165, 1.54) is 12.5 Å². The van der Waals surface area contributed by atoms with Crippen molar-refractivity contribution in [2.24, 2.45) is 0 Å². The van der Waals surface area contributed by atoms with E-state index < -0.39 is 10.8 Å². The highest BCUT2D eigenvalue weighted by atomic mass is 32.2. The smallest absolute Gasteiger partial charge is 0.217 e. The zero-order chi connectivity index (χ0) is 16.5. The first-order valence-electron chi connectivity index (χ1n) is 7.60. The molecule has 0 fully saturated rings. The molecule has 0 spiro atoms. The van der Waals surface area contributed by atoms with E-state index in [4.69, 9.17) is 0 Å². The normalized spacial score (nSPS) is 13.6. The van der Waals surface area contributed by atoms with Crippen molar-refractivity contribution < 1.29 is 9.00 Å². The molecule has 3 nitrogen and oxygen atoms in total. The van der Waals surface area contributed by atoms with Gasteiger partial charge in [0, 0.05) is 23.3 Å². The van der Waals surface area contributed by atoms with Crippen molar-refractivity contribution in [2.75, 3.05) is 0 Å². The van der Waals surface area contributed by atoms with Gasteiger partial charge in [0.2, 0.25) is 5.91 Å². The van der Waals surface area contributed by atoms with Crippen LogP contribution >= 0.6 is 0 Å². The van der Waals surface area contributed by atoms with Crippen LogP contribution in [0.2, 0.25) is 0 Å². The number of carbonyl (C=O) groups is 1. The molecule has 0 heterocycles. The van der Waals surface area contributed by atoms with Crippen molar-refractivity contribution >= 4 is 16.7 Å². The van der Waals surface area contributed by atoms with Gasteiger partial charge < -0.3 is 5.32 Å². The summed E-state index contributed by atoms with van der Waals surface area (Å²) in [6, 6.07) is 19.3. The Bertz CT molecular complexity index is 668. The van der Waals surface area contributed by atoms with Crippen LogP contribution in [-0.4, -0.2) is 16.2 Å². The number of carbonyl (C=O) groups excluding carboxylic acids is 1. The molecule has 0 saturated heterocycles. The fourth-order valence-corrected chi connectivity index (χ4v) is 3.16. The van der Waals surface area contributed by atoms with Crippen molar-refractivity contribution in [2.45, 2.75) is 30.7 Å². The molecule has 0 saturated carbocycles. The summed E-state index contributed by atoms with van der Waals surface area (Å²) in [4.78, 5) is 12.1. The van der Waals surface area contributed by atoms with Gasteiger partial charge in [0.05, 0.1) is 10.8 Å². The minimum Gasteiger partial charge on any atom is -0.350 e. The highest BCUT2D eigenvalue weighted by molar-refractivity contribution is 7.88. The van der Waals surface area contributed by atoms with Gasteiger partial charge in [0.25, 0.3) is 0 Å². The number of nitrogens with one attached hydrogen (secondary N) is 1. The second-order valence-corrected chi connectivity index (χ2v) is 6.61. The van der Waals surface area contributed by atoms with E-state index in [-0.39, 0.29) is 11.9 Å². The Morgan fingerprint density at radius 3 is 2.30 bits per heavy atom. The molecule has 0 aliphatic carbocycles. The quantitative estimate of drug-likeness (QED) is 0.847. The largest absolute Gasteiger partial charge is 0.350 e. The first-order valence-corrected chi connectivity index (χ1v) is 8.81. The summed E-state index contributed by atoms with van der Waals surface area (Å²) in [6.07, 6.45) is 3.45. The van der Waals surface area contributed by atoms with Crippen LogP contribution in [0.15, 0.2) is 77.0 Å². The average Bonchev–Trinajstić information content (AvgIpc) is 2.58. The van der Waals surface area contributed by atoms with Crippen LogP contribution in [0.5, 0.6) is 0 Å². The molecule has 0 radical (unpaired) electrons. The lowest BCUT2D eigenvalue weighted by atomic mass is 10.1. The molecule has 4 heteroatoms. The minimum atomic E-state index is -1.20. The molecule has 1 unspecified atom stereocenters. The van der Waals surface area contributed by atoms with E-state index in [1.54, 1.807) is 5.41 Å². The SMILES string of the molecule is CC(=O)N[C@H](/C=C/S(=O)c1ccccc1)CCc1ccccc1. The molecule has 23 heavy (non-hydrogen) atoms. The monoisotopic (exact) mass is 327 g/mol. The zero-order valence-electron chi connectivity index (χ0n) is 13.1. The van der Waals surface area contributed by atoms with Gasteiger partial charge in [-0.25, -0.2) is 4.21 Å². The first kappa shape index (κ1) is 17.2. The maximum atomic E-state index is 12.2. The van der Waals surface area contributed by atoms with Crippen LogP contribution in [0.25, 0.3) is 0 Å². The summed E-state index contributed by atoms with van der Waals surface area (Å²) in [6.45, 7) is 1.50. The van der Waals surface area contributed by atoms with E-state index in [0.29, 0.717) is 0 Å². The van der Waals surface area contributed by atoms with Gasteiger partial charge in [0.1, 0.15) is 0 Å². The third-order valence-electron chi connectivity index (χ3n) is 3.39. The summed E-state index contributed by atoms with van der Waals surface area (Å²) in [5.74, 6) is -0.0850. The van der Waals surface area contributed by atoms with E-state index >= 15 is 0 Å². The Labute approximate surface area is 139 Å². The maximum Gasteiger partial charge on any atom is 0.217 e. The lowest BCUT2D eigenvalue weighted by Crippen LogP contribution is -2.31. The fourth-order valence-electron chi connectivity index (χ4n) is 2.24. The molecule has 1 N–H and O–H groups in total. The second kappa shape index (κ2) is 9.06. The van der Waals surface area contributed by atoms with Crippen LogP contribution in [-0.2, 0) is 22.0 Å². The van der Waals surface area contributed by atoms with Crippen molar-refractivity contribution in [3.8, 4) is 0 Å². The van der Waals surface area contributed by atoms with Crippen LogP contribution in [0, 0.1) is 0 Å². The Hall–Kier alpha value is -2.20. The molecule has 2 atom stereocenters. The molecule has 1 amide bonds. The number of hydrogen-bond acceptors (Lipinski definition) is 2. The number of amides is 1. The van der Waals surface area contributed by atoms with Crippen molar-refractivity contribution in [3.63, 3.8) is 0 Å². The first-order chi connectivity index (χ1) is 11.1. The lowest BCUT2D eigenvalue weighted by Gasteiger charge is -2.13. The van der Waals surface area contributed by atoms with Crippen LogP contribution < -0.4 is 5.32 Å². The number of benzene rings is 2. The molecule has 0 aliphatic heterocycles. The van der Waals surface area contributed by atoms with Gasteiger partial charge in [-0.15, -0.1) is 0 Å². The standard InChI is InChI=1S/C19H21NO2S/c1-16(21)20-18(13-12-17-8-4-2-5-9-17)14-15-23(22)19-10-6-3-7-11-19/h2-11,14-15,18H,12-13H2,1H3,(H,20,21)/b15-14+/t18-,23?/m0/s1. The number of rotatable bonds is 7. The van der Waals surface area contributed by atoms with Crippen molar-refractivity contribution in [1.29, 1.82) is 0 Å². The Morgan fingerprint density at radius 2 is 1.70 bits per heavy atom. The van der Waals surface area contributed by atoms with Crippen LogP contribution in [0.4, 0.5) is 0 Å². The molecular formula is C19H21NO2S. The summed E-state index contributed by atoms with van der Waals surface area (Å²) in [5, 5.41) is 4.55. The summed E-state index contributed by atoms with van der Waals surface area (Å²) in [7, 11) is -1.20. The molecular weight excluding hydrogens is 306 g/mol.